The zero-order valence-electron chi connectivity index (χ0n) is 37.0. The van der Waals surface area contributed by atoms with Gasteiger partial charge in [0.05, 0.1) is 42.7 Å². The molecule has 5 aromatic rings. The van der Waals surface area contributed by atoms with E-state index < -0.39 is 0 Å². The lowest BCUT2D eigenvalue weighted by Crippen LogP contribution is -2.08. The number of ether oxygens (including phenoxy) is 6. The summed E-state index contributed by atoms with van der Waals surface area (Å²) < 4.78 is 33.6. The van der Waals surface area contributed by atoms with Crippen LogP contribution in [-0.2, 0) is 9.47 Å². The van der Waals surface area contributed by atoms with Crippen molar-refractivity contribution in [2.24, 2.45) is 0 Å². The van der Waals surface area contributed by atoms with Crippen LogP contribution in [0.1, 0.15) is 92.5 Å². The first-order valence-electron chi connectivity index (χ1n) is 20.6. The first kappa shape index (κ1) is 44.8. The number of nitrogens with one attached hydrogen (secondary N) is 2. The van der Waals surface area contributed by atoms with Gasteiger partial charge in [0.2, 0.25) is 0 Å². The topological polar surface area (TPSA) is 79.4 Å². The van der Waals surface area contributed by atoms with E-state index >= 15 is 0 Å². The fourth-order valence-corrected chi connectivity index (χ4v) is 7.92. The van der Waals surface area contributed by atoms with E-state index in [4.69, 9.17) is 28.4 Å². The second-order valence-corrected chi connectivity index (χ2v) is 14.6. The van der Waals surface area contributed by atoms with Gasteiger partial charge in [-0.05, 0) is 132 Å². The van der Waals surface area contributed by atoms with Crippen molar-refractivity contribution in [3.63, 3.8) is 0 Å². The molecule has 0 bridgehead atoms. The summed E-state index contributed by atoms with van der Waals surface area (Å²) in [4.78, 5) is 0. The molecule has 5 aromatic carbocycles. The molecule has 0 aliphatic carbocycles. The van der Waals surface area contributed by atoms with Crippen LogP contribution in [0.25, 0.3) is 0 Å². The lowest BCUT2D eigenvalue weighted by molar-refractivity contribution is 0.232. The molecule has 0 aliphatic heterocycles. The minimum absolute atomic E-state index is 0.00521. The van der Waals surface area contributed by atoms with Crippen LogP contribution in [0.4, 0.5) is 22.7 Å². The van der Waals surface area contributed by atoms with Gasteiger partial charge in [-0.15, -0.1) is 0 Å². The number of benzene rings is 5. The lowest BCUT2D eigenvalue weighted by Gasteiger charge is -2.25. The predicted molar refractivity (Wildman–Crippen MR) is 247 cm³/mol. The Morgan fingerprint density at radius 2 is 0.983 bits per heavy atom. The lowest BCUT2D eigenvalue weighted by atomic mass is 9.82. The maximum Gasteiger partial charge on any atom is 0.161 e. The molecule has 5 rings (SSSR count). The summed E-state index contributed by atoms with van der Waals surface area (Å²) in [5.41, 5.74) is 11.0. The molecule has 0 fully saturated rings. The second-order valence-electron chi connectivity index (χ2n) is 14.6. The number of hydrogen-bond donors (Lipinski definition) is 2. The molecule has 0 heterocycles. The molecule has 0 saturated carbocycles. The minimum Gasteiger partial charge on any atom is -0.498 e. The largest absolute Gasteiger partial charge is 0.498 e. The molecule has 0 spiro atoms. The van der Waals surface area contributed by atoms with Crippen LogP contribution in [0.15, 0.2) is 139 Å². The van der Waals surface area contributed by atoms with Crippen LogP contribution >= 0.6 is 0 Å². The average Bonchev–Trinajstić information content (AvgIpc) is 3.29. The number of rotatable bonds is 21. The van der Waals surface area contributed by atoms with E-state index in [1.807, 2.05) is 31.2 Å². The van der Waals surface area contributed by atoms with Crippen molar-refractivity contribution in [1.82, 2.24) is 0 Å². The van der Waals surface area contributed by atoms with Gasteiger partial charge in [-0.2, -0.15) is 0 Å². The fraction of sp³-hybridized carbons (Fsp3) is 0.308. The summed E-state index contributed by atoms with van der Waals surface area (Å²) in [7, 11) is 9.98. The number of hydrogen-bond acceptors (Lipinski definition) is 8. The molecule has 60 heavy (non-hydrogen) atoms. The van der Waals surface area contributed by atoms with Gasteiger partial charge in [0, 0.05) is 40.5 Å². The molecule has 316 valence electrons. The standard InChI is InChI=1S/C52H62N2O6/c1-12-35(31-50(58-9)34(5)55-6)45(15-4)46-30-37(44(14-3)39-20-29-49(57-8)52(33-39)60-11)18-27-47(46)54-42-25-23-41(24-26-42)53-40-21-16-36(17-22-40)43(13-2)38-19-28-48(56-7)51(32-38)59-10/h12,16-33,43-45,53-54H,1,13-15H2,2-11H3/b35-31+,50-34-. The van der Waals surface area contributed by atoms with Gasteiger partial charge >= 0.3 is 0 Å². The van der Waals surface area contributed by atoms with Crippen LogP contribution in [-0.4, -0.2) is 42.7 Å². The molecule has 8 nitrogen and oxygen atoms in total. The van der Waals surface area contributed by atoms with Gasteiger partial charge in [-0.3, -0.25) is 0 Å². The highest BCUT2D eigenvalue weighted by atomic mass is 16.5. The third-order valence-corrected chi connectivity index (χ3v) is 11.3. The zero-order chi connectivity index (χ0) is 43.2. The Kier molecular flexibility index (Phi) is 16.2. The molecule has 0 amide bonds. The molecule has 0 aliphatic rings. The van der Waals surface area contributed by atoms with Crippen LogP contribution in [0.3, 0.4) is 0 Å². The van der Waals surface area contributed by atoms with E-state index in [-0.39, 0.29) is 17.8 Å². The molecule has 0 aromatic heterocycles. The van der Waals surface area contributed by atoms with Gasteiger partial charge in [-0.1, -0.05) is 69.8 Å². The number of anilines is 4. The first-order chi connectivity index (χ1) is 29.2. The predicted octanol–water partition coefficient (Wildman–Crippen LogP) is 13.4. The van der Waals surface area contributed by atoms with Crippen LogP contribution in [0.5, 0.6) is 23.0 Å². The summed E-state index contributed by atoms with van der Waals surface area (Å²) in [6.07, 6.45) is 6.65. The Morgan fingerprint density at radius 1 is 0.533 bits per heavy atom. The fourth-order valence-electron chi connectivity index (χ4n) is 7.92. The minimum atomic E-state index is 0.00521. The second kappa shape index (κ2) is 21.6. The zero-order valence-corrected chi connectivity index (χ0v) is 37.0. The summed E-state index contributed by atoms with van der Waals surface area (Å²) in [6, 6.07) is 36.2. The molecular formula is C52H62N2O6. The van der Waals surface area contributed by atoms with E-state index in [0.717, 1.165) is 70.2 Å². The first-order valence-corrected chi connectivity index (χ1v) is 20.6. The summed E-state index contributed by atoms with van der Waals surface area (Å²) in [5, 5.41) is 7.34. The van der Waals surface area contributed by atoms with Gasteiger partial charge in [0.15, 0.2) is 28.8 Å². The Bertz CT molecular complexity index is 2240. The van der Waals surface area contributed by atoms with Crippen LogP contribution < -0.4 is 29.6 Å². The molecule has 0 saturated heterocycles. The van der Waals surface area contributed by atoms with Crippen molar-refractivity contribution < 1.29 is 28.4 Å². The number of allylic oxidation sites excluding steroid dienone is 4. The van der Waals surface area contributed by atoms with Crippen molar-refractivity contribution >= 4 is 22.7 Å². The summed E-state index contributed by atoms with van der Waals surface area (Å²) in [6.45, 7) is 12.8. The third-order valence-electron chi connectivity index (χ3n) is 11.3. The van der Waals surface area contributed by atoms with E-state index in [2.05, 4.69) is 129 Å². The Balaban J connectivity index is 1.44. The molecule has 2 N–H and O–H groups in total. The molecule has 8 heteroatoms. The number of methoxy groups -OCH3 is 6. The Hall–Kier alpha value is -6.28. The summed E-state index contributed by atoms with van der Waals surface area (Å²) in [5.74, 6) is 4.63. The van der Waals surface area contributed by atoms with Crippen LogP contribution in [0.2, 0.25) is 0 Å². The van der Waals surface area contributed by atoms with E-state index in [0.29, 0.717) is 23.0 Å². The molecular weight excluding hydrogens is 749 g/mol. The average molecular weight is 811 g/mol. The maximum absolute atomic E-state index is 5.76. The molecule has 3 unspecified atom stereocenters. The van der Waals surface area contributed by atoms with Gasteiger partial charge in [0.1, 0.15) is 5.76 Å². The maximum atomic E-state index is 5.76. The molecule has 3 atom stereocenters. The van der Waals surface area contributed by atoms with Crippen molar-refractivity contribution in [2.75, 3.05) is 53.3 Å². The van der Waals surface area contributed by atoms with Crippen molar-refractivity contribution in [3.05, 3.63) is 167 Å². The van der Waals surface area contributed by atoms with Crippen molar-refractivity contribution in [1.29, 1.82) is 0 Å². The summed E-state index contributed by atoms with van der Waals surface area (Å²) >= 11 is 0. The Labute approximate surface area is 357 Å². The van der Waals surface area contributed by atoms with Gasteiger partial charge < -0.3 is 39.1 Å². The van der Waals surface area contributed by atoms with E-state index in [1.54, 1.807) is 42.7 Å². The van der Waals surface area contributed by atoms with Crippen molar-refractivity contribution in [3.8, 4) is 23.0 Å². The monoisotopic (exact) mass is 810 g/mol. The SMILES string of the molecule is C=C/C(=C\C(OC)=C(/C)OC)C(CC)c1cc(C(CC)c2ccc(OC)c(OC)c2)ccc1Nc1ccc(Nc2ccc(C(CC)c3ccc(OC)c(OC)c3)cc2)cc1. The van der Waals surface area contributed by atoms with Crippen molar-refractivity contribution in [2.45, 2.75) is 64.7 Å². The normalized spacial score (nSPS) is 13.3. The molecule has 0 radical (unpaired) electrons. The Morgan fingerprint density at radius 3 is 1.43 bits per heavy atom. The van der Waals surface area contributed by atoms with E-state index in [9.17, 15) is 0 Å². The highest BCUT2D eigenvalue weighted by Gasteiger charge is 2.23. The highest BCUT2D eigenvalue weighted by Crippen LogP contribution is 2.41. The van der Waals surface area contributed by atoms with Gasteiger partial charge in [-0.25, -0.2) is 0 Å². The van der Waals surface area contributed by atoms with E-state index in [1.165, 1.54) is 16.7 Å². The van der Waals surface area contributed by atoms with Crippen LogP contribution in [0, 0.1) is 0 Å². The van der Waals surface area contributed by atoms with Gasteiger partial charge in [0.25, 0.3) is 0 Å². The highest BCUT2D eigenvalue weighted by molar-refractivity contribution is 5.69. The smallest absolute Gasteiger partial charge is 0.161 e. The third kappa shape index (κ3) is 10.5. The quantitative estimate of drug-likeness (QED) is 0.0560.